The van der Waals surface area contributed by atoms with Crippen molar-refractivity contribution in [2.45, 2.75) is 129 Å². The Morgan fingerprint density at radius 1 is 1.15 bits per heavy atom. The fourth-order valence-electron chi connectivity index (χ4n) is 6.46. The number of amides is 4. The number of carbonyl (C=O) groups is 4. The Hall–Kier alpha value is -4.18. The van der Waals surface area contributed by atoms with Crippen molar-refractivity contribution in [3.8, 4) is 6.01 Å². The summed E-state index contributed by atoms with van der Waals surface area (Å²) in [4.78, 5) is 61.7. The van der Waals surface area contributed by atoms with Crippen LogP contribution in [0.4, 0.5) is 4.79 Å². The minimum Gasteiger partial charge on any atom is -0.459 e. The molecule has 4 rings (SSSR count). The van der Waals surface area contributed by atoms with Gasteiger partial charge < -0.3 is 25.0 Å². The molecule has 3 heterocycles. The smallest absolute Gasteiger partial charge is 0.408 e. The highest BCUT2D eigenvalue weighted by Gasteiger charge is 2.47. The molecule has 2 aromatic rings. The molecular weight excluding hydrogens is 691 g/mol. The number of alkyl carbamates (subject to hydrolysis) is 1. The van der Waals surface area contributed by atoms with Crippen LogP contribution in [0.3, 0.4) is 0 Å². The molecule has 0 unspecified atom stereocenters. The summed E-state index contributed by atoms with van der Waals surface area (Å²) >= 11 is 0. The van der Waals surface area contributed by atoms with E-state index >= 15 is 0 Å². The van der Waals surface area contributed by atoms with Crippen molar-refractivity contribution >= 4 is 45.1 Å². The largest absolute Gasteiger partial charge is 0.459 e. The van der Waals surface area contributed by atoms with Gasteiger partial charge in [-0.1, -0.05) is 44.1 Å². The van der Waals surface area contributed by atoms with Gasteiger partial charge in [0.1, 0.15) is 29.3 Å². The normalized spacial score (nSPS) is 24.3. The molecule has 0 saturated carbocycles. The number of nitrogens with zero attached hydrogens (tertiary/aromatic N) is 4. The Morgan fingerprint density at radius 2 is 1.87 bits per heavy atom. The zero-order valence-electron chi connectivity index (χ0n) is 31.8. The van der Waals surface area contributed by atoms with Crippen LogP contribution < -0.4 is 20.1 Å². The summed E-state index contributed by atoms with van der Waals surface area (Å²) in [6.07, 6.45) is 4.73. The summed E-state index contributed by atoms with van der Waals surface area (Å²) in [5, 5.41) is 5.55. The first-order valence-electron chi connectivity index (χ1n) is 18.0. The number of para-hydroxylation sites is 1. The number of fused-ring (bicyclic) bond motifs is 2. The van der Waals surface area contributed by atoms with Gasteiger partial charge in [0.05, 0.1) is 17.6 Å². The first-order chi connectivity index (χ1) is 24.3. The van der Waals surface area contributed by atoms with Gasteiger partial charge in [-0.05, 0) is 78.9 Å². The number of aromatic nitrogens is 2. The van der Waals surface area contributed by atoms with E-state index in [1.165, 1.54) is 25.1 Å². The fourth-order valence-corrected chi connectivity index (χ4v) is 7.06. The van der Waals surface area contributed by atoms with E-state index in [0.29, 0.717) is 38.1 Å². The van der Waals surface area contributed by atoms with E-state index in [-0.39, 0.29) is 25.4 Å². The number of rotatable bonds is 8. The van der Waals surface area contributed by atoms with Crippen LogP contribution in [0.5, 0.6) is 6.01 Å². The van der Waals surface area contributed by atoms with Gasteiger partial charge in [-0.2, -0.15) is 17.7 Å². The van der Waals surface area contributed by atoms with Gasteiger partial charge in [-0.25, -0.2) is 9.52 Å². The molecule has 1 fully saturated rings. The second-order valence-corrected chi connectivity index (χ2v) is 16.9. The van der Waals surface area contributed by atoms with Crippen molar-refractivity contribution in [3.05, 3.63) is 35.9 Å². The van der Waals surface area contributed by atoms with E-state index in [0.717, 1.165) is 20.9 Å². The molecule has 1 aromatic heterocycles. The number of allylic oxidation sites excluding steroid dienone is 1. The molecule has 4 atom stereocenters. The van der Waals surface area contributed by atoms with E-state index in [4.69, 9.17) is 14.5 Å². The lowest BCUT2D eigenvalue weighted by molar-refractivity contribution is -0.141. The molecule has 4 amide bonds. The minimum atomic E-state index is -4.20. The van der Waals surface area contributed by atoms with Gasteiger partial charge in [0.2, 0.25) is 11.8 Å². The van der Waals surface area contributed by atoms with E-state index < -0.39 is 63.4 Å². The Morgan fingerprint density at radius 3 is 2.50 bits per heavy atom. The van der Waals surface area contributed by atoms with Gasteiger partial charge in [0, 0.05) is 26.6 Å². The molecule has 0 spiro atoms. The van der Waals surface area contributed by atoms with Gasteiger partial charge in [-0.3, -0.25) is 19.0 Å². The molecule has 1 saturated heterocycles. The van der Waals surface area contributed by atoms with Crippen LogP contribution in [0, 0.1) is 6.92 Å². The molecule has 288 valence electrons. The van der Waals surface area contributed by atoms with Crippen LogP contribution in [0.15, 0.2) is 30.4 Å². The predicted molar refractivity (Wildman–Crippen MR) is 197 cm³/mol. The molecule has 1 aromatic carbocycles. The molecule has 15 nitrogen and oxygen atoms in total. The number of aryl methyl sites for hydroxylation is 1. The molecule has 3 N–H and O–H groups in total. The molecule has 2 aliphatic rings. The maximum atomic E-state index is 14.5. The second kappa shape index (κ2) is 16.2. The molecule has 0 bridgehead atoms. The van der Waals surface area contributed by atoms with Crippen molar-refractivity contribution in [1.29, 1.82) is 0 Å². The topological polar surface area (TPSA) is 181 Å². The lowest BCUT2D eigenvalue weighted by Crippen LogP contribution is -2.62. The quantitative estimate of drug-likeness (QED) is 0.338. The van der Waals surface area contributed by atoms with Crippen molar-refractivity contribution in [2.75, 3.05) is 20.6 Å². The monoisotopic (exact) mass is 745 g/mol. The molecule has 52 heavy (non-hydrogen) atoms. The third-order valence-corrected chi connectivity index (χ3v) is 10.7. The number of ether oxygens (including phenoxy) is 2. The van der Waals surface area contributed by atoms with Crippen molar-refractivity contribution < 1.29 is 37.1 Å². The highest BCUT2D eigenvalue weighted by molar-refractivity contribution is 7.87. The zero-order chi connectivity index (χ0) is 38.6. The molecule has 16 heteroatoms. The van der Waals surface area contributed by atoms with E-state index in [2.05, 4.69) is 15.4 Å². The van der Waals surface area contributed by atoms with E-state index in [9.17, 15) is 27.6 Å². The Balaban J connectivity index is 1.75. The molecule has 2 aliphatic heterocycles. The first-order valence-corrected chi connectivity index (χ1v) is 19.4. The Kier molecular flexibility index (Phi) is 12.7. The predicted octanol–water partition coefficient (Wildman–Crippen LogP) is 3.88. The average molecular weight is 746 g/mol. The van der Waals surface area contributed by atoms with Crippen LogP contribution in [-0.2, 0) is 29.3 Å². The zero-order valence-corrected chi connectivity index (χ0v) is 32.6. The van der Waals surface area contributed by atoms with Crippen molar-refractivity contribution in [2.24, 2.45) is 0 Å². The number of nitrogens with one attached hydrogen (secondary N) is 3. The Labute approximate surface area is 307 Å². The molecule has 0 radical (unpaired) electrons. The lowest BCUT2D eigenvalue weighted by atomic mass is 9.92. The second-order valence-electron chi connectivity index (χ2n) is 15.1. The number of benzene rings is 1. The van der Waals surface area contributed by atoms with Crippen LogP contribution >= 0.6 is 0 Å². The summed E-state index contributed by atoms with van der Waals surface area (Å²) in [6.45, 7) is 12.8. The first kappa shape index (κ1) is 40.6. The standard InChI is InChI=1S/C36H55N7O8S/c1-10-36(32(46)40-52(48,49)41(8)9)20-15-13-11-12-14-18-26(37-34(47)51-35(5,6)7)31(45)42-22-25(21-28(42)30(44)39-36)50-33-38-29-24(4)17-16-19-27(29)43(33)23(2)3/h15-17,19-20,23,25-26,28H,10-14,18,21-22H2,1-9H3,(H,37,47)(H,39,44)(H,40,46)/b20-15-/t25-,26+,28+,36-/m1/s1. The third-order valence-electron chi connectivity index (χ3n) is 9.29. The highest BCUT2D eigenvalue weighted by atomic mass is 32.2. The molecular formula is C36H55N7O8S. The van der Waals surface area contributed by atoms with E-state index in [1.54, 1.807) is 33.8 Å². The van der Waals surface area contributed by atoms with Crippen molar-refractivity contribution in [1.82, 2.24) is 34.1 Å². The summed E-state index contributed by atoms with van der Waals surface area (Å²) in [6, 6.07) is 4.04. The lowest BCUT2D eigenvalue weighted by Gasteiger charge is -2.34. The van der Waals surface area contributed by atoms with Crippen molar-refractivity contribution in [3.63, 3.8) is 0 Å². The maximum Gasteiger partial charge on any atom is 0.408 e. The van der Waals surface area contributed by atoms with E-state index in [1.807, 2.05) is 43.5 Å². The SMILES string of the molecule is CC[C@]1(C(=O)NS(=O)(=O)N(C)C)/C=C\CCCCC[C@H](NC(=O)OC(C)(C)C)C(=O)N2C[C@H](Oc3nc4c(C)cccc4n3C(C)C)C[C@H]2C(=O)N1. The van der Waals surface area contributed by atoms with Crippen LogP contribution in [-0.4, -0.2) is 101 Å². The highest BCUT2D eigenvalue weighted by Crippen LogP contribution is 2.32. The van der Waals surface area contributed by atoms with Gasteiger partial charge in [-0.15, -0.1) is 0 Å². The number of hydrogen-bond acceptors (Lipinski definition) is 9. The van der Waals surface area contributed by atoms with Gasteiger partial charge in [0.25, 0.3) is 11.9 Å². The summed E-state index contributed by atoms with van der Waals surface area (Å²) < 4.78 is 42.4. The van der Waals surface area contributed by atoms with Gasteiger partial charge >= 0.3 is 16.3 Å². The summed E-state index contributed by atoms with van der Waals surface area (Å²) in [7, 11) is -1.62. The number of hydrogen-bond donors (Lipinski definition) is 3. The summed E-state index contributed by atoms with van der Waals surface area (Å²) in [5.74, 6) is -2.11. The number of carbonyl (C=O) groups excluding carboxylic acids is 4. The summed E-state index contributed by atoms with van der Waals surface area (Å²) in [5.41, 5.74) is 0.0665. The fraction of sp³-hybridized carbons (Fsp3) is 0.639. The van der Waals surface area contributed by atoms with Gasteiger partial charge in [0.15, 0.2) is 0 Å². The number of imidazole rings is 1. The third kappa shape index (κ3) is 9.43. The van der Waals surface area contributed by atoms with Crippen LogP contribution in [0.2, 0.25) is 0 Å². The van der Waals surface area contributed by atoms with Crippen LogP contribution in [0.25, 0.3) is 11.0 Å². The average Bonchev–Trinajstić information content (AvgIpc) is 3.63. The van der Waals surface area contributed by atoms with Crippen LogP contribution in [0.1, 0.15) is 98.1 Å². The Bertz CT molecular complexity index is 1780. The minimum absolute atomic E-state index is 0.0140. The maximum absolute atomic E-state index is 14.5. The molecule has 0 aliphatic carbocycles.